The van der Waals surface area contributed by atoms with Gasteiger partial charge in [-0.2, -0.15) is 0 Å². The highest BCUT2D eigenvalue weighted by molar-refractivity contribution is 7.14. The van der Waals surface area contributed by atoms with Crippen molar-refractivity contribution in [3.05, 3.63) is 21.9 Å². The van der Waals surface area contributed by atoms with E-state index in [-0.39, 0.29) is 12.5 Å². The number of carbonyl (C=O) groups excluding carboxylic acids is 1. The van der Waals surface area contributed by atoms with Gasteiger partial charge >= 0.3 is 0 Å². The molecule has 1 fully saturated rings. The van der Waals surface area contributed by atoms with Crippen LogP contribution >= 0.6 is 11.3 Å². The zero-order valence-electron chi connectivity index (χ0n) is 12.6. The maximum Gasteiger partial charge on any atom is 0.263 e. The molecule has 2 rings (SSSR count). The molecule has 1 N–H and O–H groups in total. The Hall–Kier alpha value is -1.35. The lowest BCUT2D eigenvalue weighted by Crippen LogP contribution is -2.40. The molecule has 0 spiro atoms. The van der Waals surface area contributed by atoms with E-state index in [0.717, 1.165) is 24.5 Å². The van der Waals surface area contributed by atoms with E-state index in [4.69, 9.17) is 5.11 Å². The normalized spacial score (nSPS) is 18.3. The van der Waals surface area contributed by atoms with Gasteiger partial charge in [-0.05, 0) is 38.1 Å². The fraction of sp³-hybridized carbons (Fsp3) is 0.562. The van der Waals surface area contributed by atoms with Crippen LogP contribution in [0.1, 0.15) is 34.3 Å². The van der Waals surface area contributed by atoms with E-state index < -0.39 is 0 Å². The van der Waals surface area contributed by atoms with Crippen LogP contribution in [0.4, 0.5) is 0 Å². The van der Waals surface area contributed by atoms with E-state index in [1.807, 2.05) is 24.1 Å². The lowest BCUT2D eigenvalue weighted by molar-refractivity contribution is 0.0759. The molecule has 1 aliphatic rings. The number of hydrogen-bond acceptors (Lipinski definition) is 4. The third-order valence-corrected chi connectivity index (χ3v) is 4.83. The number of carbonyl (C=O) groups is 1. The monoisotopic (exact) mass is 306 g/mol. The number of likely N-dealkylation sites (N-methyl/N-ethyl adjacent to an activating group) is 2. The maximum absolute atomic E-state index is 12.4. The van der Waals surface area contributed by atoms with E-state index in [0.29, 0.717) is 10.9 Å². The van der Waals surface area contributed by atoms with Gasteiger partial charge in [0, 0.05) is 19.6 Å². The van der Waals surface area contributed by atoms with Crippen molar-refractivity contribution < 1.29 is 9.90 Å². The van der Waals surface area contributed by atoms with Gasteiger partial charge in [0.05, 0.1) is 9.75 Å². The van der Waals surface area contributed by atoms with Crippen LogP contribution in [-0.2, 0) is 0 Å². The summed E-state index contributed by atoms with van der Waals surface area (Å²) >= 11 is 1.38. The molecule has 0 aromatic carbocycles. The molecular weight excluding hydrogens is 284 g/mol. The van der Waals surface area contributed by atoms with Crippen molar-refractivity contribution in [3.8, 4) is 11.8 Å². The average molecular weight is 306 g/mol. The van der Waals surface area contributed by atoms with Gasteiger partial charge in [0.15, 0.2) is 0 Å². The molecule has 0 aliphatic carbocycles. The van der Waals surface area contributed by atoms with Crippen LogP contribution in [0, 0.1) is 11.8 Å². The smallest absolute Gasteiger partial charge is 0.263 e. The average Bonchev–Trinajstić information content (AvgIpc) is 3.13. The van der Waals surface area contributed by atoms with Gasteiger partial charge in [0.1, 0.15) is 6.61 Å². The second-order valence-corrected chi connectivity index (χ2v) is 6.32. The van der Waals surface area contributed by atoms with Gasteiger partial charge in [0.2, 0.25) is 0 Å². The molecule has 0 bridgehead atoms. The van der Waals surface area contributed by atoms with E-state index in [2.05, 4.69) is 23.7 Å². The molecule has 0 radical (unpaired) electrons. The van der Waals surface area contributed by atoms with Crippen LogP contribution in [0.3, 0.4) is 0 Å². The minimum absolute atomic E-state index is 0.0556. The molecular formula is C16H22N2O2S. The van der Waals surface area contributed by atoms with Gasteiger partial charge in [-0.25, -0.2) is 0 Å². The molecule has 0 saturated carbocycles. The van der Waals surface area contributed by atoms with Crippen molar-refractivity contribution in [1.29, 1.82) is 0 Å². The summed E-state index contributed by atoms with van der Waals surface area (Å²) in [6, 6.07) is 4.14. The topological polar surface area (TPSA) is 43.8 Å². The number of rotatable bonds is 4. The zero-order chi connectivity index (χ0) is 15.2. The number of aliphatic hydroxyl groups excluding tert-OH is 1. The van der Waals surface area contributed by atoms with Crippen molar-refractivity contribution >= 4 is 17.2 Å². The summed E-state index contributed by atoms with van der Waals surface area (Å²) in [5.41, 5.74) is 0. The number of aliphatic hydroxyl groups is 1. The largest absolute Gasteiger partial charge is 0.384 e. The van der Waals surface area contributed by atoms with E-state index in [1.165, 1.54) is 24.2 Å². The Labute approximate surface area is 130 Å². The second-order valence-electron chi connectivity index (χ2n) is 5.23. The molecule has 1 aromatic rings. The summed E-state index contributed by atoms with van der Waals surface area (Å²) < 4.78 is 0. The summed E-state index contributed by atoms with van der Waals surface area (Å²) in [5.74, 6) is 5.50. The van der Waals surface area contributed by atoms with E-state index in [1.54, 1.807) is 0 Å². The molecule has 114 valence electrons. The minimum atomic E-state index is -0.157. The summed E-state index contributed by atoms with van der Waals surface area (Å²) in [4.78, 5) is 18.2. The Morgan fingerprint density at radius 2 is 2.38 bits per heavy atom. The number of thiophene rings is 1. The number of likely N-dealkylation sites (tertiary alicyclic amines) is 1. The van der Waals surface area contributed by atoms with Crippen LogP contribution in [-0.4, -0.2) is 60.1 Å². The van der Waals surface area contributed by atoms with E-state index >= 15 is 0 Å². The lowest BCUT2D eigenvalue weighted by atomic mass is 10.2. The third-order valence-electron chi connectivity index (χ3n) is 3.84. The zero-order valence-corrected chi connectivity index (χ0v) is 13.4. The summed E-state index contributed by atoms with van der Waals surface area (Å²) in [7, 11) is 1.87. The molecule has 5 heteroatoms. The predicted octanol–water partition coefficient (Wildman–Crippen LogP) is 1.65. The number of nitrogens with zero attached hydrogens (tertiary/aromatic N) is 2. The molecule has 1 unspecified atom stereocenters. The standard InChI is InChI=1S/C16H22N2O2S/c1-3-18-10-4-6-13(18)12-17(2)16(20)15-9-8-14(21-15)7-5-11-19/h8-9,13,19H,3-4,6,10-12H2,1-2H3. The lowest BCUT2D eigenvalue weighted by Gasteiger charge is -2.27. The second kappa shape index (κ2) is 7.60. The predicted molar refractivity (Wildman–Crippen MR) is 85.5 cm³/mol. The highest BCUT2D eigenvalue weighted by Gasteiger charge is 2.26. The van der Waals surface area contributed by atoms with Crippen LogP contribution in [0.15, 0.2) is 12.1 Å². The quantitative estimate of drug-likeness (QED) is 0.860. The molecule has 4 nitrogen and oxygen atoms in total. The van der Waals surface area contributed by atoms with Crippen molar-refractivity contribution in [2.45, 2.75) is 25.8 Å². The Bertz CT molecular complexity index is 544. The molecule has 2 heterocycles. The summed E-state index contributed by atoms with van der Waals surface area (Å²) in [6.07, 6.45) is 2.39. The minimum Gasteiger partial charge on any atom is -0.384 e. The number of hydrogen-bond donors (Lipinski definition) is 1. The van der Waals surface area contributed by atoms with Gasteiger partial charge in [-0.15, -0.1) is 11.3 Å². The molecule has 1 atom stereocenters. The number of amides is 1. The first kappa shape index (κ1) is 16.0. The molecule has 1 amide bonds. The fourth-order valence-electron chi connectivity index (χ4n) is 2.75. The van der Waals surface area contributed by atoms with Crippen LogP contribution in [0.25, 0.3) is 0 Å². The highest BCUT2D eigenvalue weighted by atomic mass is 32.1. The van der Waals surface area contributed by atoms with Crippen LogP contribution < -0.4 is 0 Å². The van der Waals surface area contributed by atoms with Gasteiger partial charge < -0.3 is 10.0 Å². The van der Waals surface area contributed by atoms with Crippen molar-refractivity contribution in [1.82, 2.24) is 9.80 Å². The third kappa shape index (κ3) is 4.07. The first-order valence-electron chi connectivity index (χ1n) is 7.34. The highest BCUT2D eigenvalue weighted by Crippen LogP contribution is 2.20. The Morgan fingerprint density at radius 3 is 3.10 bits per heavy atom. The van der Waals surface area contributed by atoms with Gasteiger partial charge in [-0.1, -0.05) is 18.8 Å². The maximum atomic E-state index is 12.4. The van der Waals surface area contributed by atoms with Crippen LogP contribution in [0.2, 0.25) is 0 Å². The Kier molecular flexibility index (Phi) is 5.80. The van der Waals surface area contributed by atoms with Crippen LogP contribution in [0.5, 0.6) is 0 Å². The Balaban J connectivity index is 1.97. The van der Waals surface area contributed by atoms with Gasteiger partial charge in [-0.3, -0.25) is 9.69 Å². The SMILES string of the molecule is CCN1CCCC1CN(C)C(=O)c1ccc(C#CCO)s1. The van der Waals surface area contributed by atoms with Crippen molar-refractivity contribution in [3.63, 3.8) is 0 Å². The molecule has 1 aromatic heterocycles. The molecule has 1 saturated heterocycles. The molecule has 1 aliphatic heterocycles. The van der Waals surface area contributed by atoms with Gasteiger partial charge in [0.25, 0.3) is 5.91 Å². The molecule has 21 heavy (non-hydrogen) atoms. The summed E-state index contributed by atoms with van der Waals surface area (Å²) in [6.45, 7) is 4.99. The van der Waals surface area contributed by atoms with Crippen molar-refractivity contribution in [2.24, 2.45) is 0 Å². The first-order chi connectivity index (χ1) is 10.2. The summed E-state index contributed by atoms with van der Waals surface area (Å²) in [5, 5.41) is 8.69. The first-order valence-corrected chi connectivity index (χ1v) is 8.16. The van der Waals surface area contributed by atoms with Crippen molar-refractivity contribution in [2.75, 3.05) is 33.3 Å². The Morgan fingerprint density at radius 1 is 1.57 bits per heavy atom. The fourth-order valence-corrected chi connectivity index (χ4v) is 3.63. The van der Waals surface area contributed by atoms with E-state index in [9.17, 15) is 4.79 Å².